The van der Waals surface area contributed by atoms with Gasteiger partial charge in [-0.05, 0) is 38.7 Å². The Labute approximate surface area is 252 Å². The van der Waals surface area contributed by atoms with Gasteiger partial charge in [-0.3, -0.25) is 4.79 Å². The van der Waals surface area contributed by atoms with E-state index in [4.69, 9.17) is 28.8 Å². The summed E-state index contributed by atoms with van der Waals surface area (Å²) in [6.45, 7) is 7.30. The van der Waals surface area contributed by atoms with Crippen LogP contribution in [0.3, 0.4) is 0 Å². The molecular weight excluding hydrogens is 556 g/mol. The molecule has 1 saturated carbocycles. The van der Waals surface area contributed by atoms with E-state index >= 15 is 0 Å². The number of carbonyl (C=O) groups is 3. The molecule has 0 amide bonds. The quantitative estimate of drug-likeness (QED) is 0.243. The average molecular weight is 601 g/mol. The van der Waals surface area contributed by atoms with Crippen molar-refractivity contribution in [2.24, 2.45) is 29.6 Å². The van der Waals surface area contributed by atoms with E-state index in [-0.39, 0.29) is 49.5 Å². The zero-order chi connectivity index (χ0) is 31.1. The maximum atomic E-state index is 13.5. The number of allylic oxidation sites excluding steroid dienone is 3. The maximum absolute atomic E-state index is 13.5. The zero-order valence-electron chi connectivity index (χ0n) is 25.5. The van der Waals surface area contributed by atoms with E-state index in [1.54, 1.807) is 13.0 Å². The molecular formula is C33H44O10. The molecule has 43 heavy (non-hydrogen) atoms. The number of ether oxygens (including phenoxy) is 5. The minimum Gasteiger partial charge on any atom is -0.459 e. The minimum atomic E-state index is -0.985. The lowest BCUT2D eigenvalue weighted by atomic mass is 9.57. The molecule has 5 aliphatic rings. The molecule has 5 rings (SSSR count). The van der Waals surface area contributed by atoms with Gasteiger partial charge in [0.2, 0.25) is 0 Å². The molecule has 1 unspecified atom stereocenters. The van der Waals surface area contributed by atoms with Crippen molar-refractivity contribution in [3.05, 3.63) is 47.6 Å². The van der Waals surface area contributed by atoms with Gasteiger partial charge in [-0.1, -0.05) is 50.3 Å². The van der Waals surface area contributed by atoms with Crippen LogP contribution in [-0.2, 0) is 38.1 Å². The standard InChI is InChI=1S/C33H44O10/c1-17-15-18(2)33-22(16-24(39-5)32(38)41-28(17)20(4)40-25(35)11-8-14-34)12-13-23-26(33)27(36)19(3)29(30(23)43-33)42-31(37)21-9-6-7-10-21/h6-7,9,12-13,15,17,19-20,22-24,26-30,34,36H,8,10-11,14,16H2,1-5H3/b18-15+/t17-,19-,20-,22?,23-,24+,26+,27-,28+,29-,30-,33+/m1/s1. The number of hydrogen-bond donors (Lipinski definition) is 2. The molecule has 0 aromatic carbocycles. The van der Waals surface area contributed by atoms with Crippen molar-refractivity contribution in [2.45, 2.75) is 95.6 Å². The van der Waals surface area contributed by atoms with Crippen LogP contribution < -0.4 is 0 Å². The number of rotatable bonds is 8. The van der Waals surface area contributed by atoms with E-state index in [1.165, 1.54) is 7.11 Å². The molecule has 10 nitrogen and oxygen atoms in total. The third-order valence-electron chi connectivity index (χ3n) is 10.00. The number of esters is 3. The summed E-state index contributed by atoms with van der Waals surface area (Å²) in [5, 5.41) is 20.9. The van der Waals surface area contributed by atoms with Crippen molar-refractivity contribution in [1.29, 1.82) is 0 Å². The molecule has 0 aromatic heterocycles. The largest absolute Gasteiger partial charge is 0.459 e. The smallest absolute Gasteiger partial charge is 0.335 e. The zero-order valence-corrected chi connectivity index (χ0v) is 25.5. The summed E-state index contributed by atoms with van der Waals surface area (Å²) in [7, 11) is 1.45. The Bertz CT molecular complexity index is 1220. The number of aliphatic hydroxyl groups excluding tert-OH is 2. The molecule has 0 radical (unpaired) electrons. The fraction of sp³-hybridized carbons (Fsp3) is 0.667. The van der Waals surface area contributed by atoms with Crippen LogP contribution in [0.2, 0.25) is 0 Å². The molecule has 1 saturated heterocycles. The van der Waals surface area contributed by atoms with Crippen molar-refractivity contribution < 1.29 is 48.3 Å². The molecule has 12 atom stereocenters. The summed E-state index contributed by atoms with van der Waals surface area (Å²) in [6, 6.07) is 0. The van der Waals surface area contributed by atoms with Crippen molar-refractivity contribution in [3.63, 3.8) is 0 Å². The van der Waals surface area contributed by atoms with E-state index in [9.17, 15) is 19.5 Å². The van der Waals surface area contributed by atoms with Crippen molar-refractivity contribution >= 4 is 17.9 Å². The van der Waals surface area contributed by atoms with Gasteiger partial charge in [0.25, 0.3) is 0 Å². The van der Waals surface area contributed by atoms with Gasteiger partial charge in [-0.25, -0.2) is 9.59 Å². The van der Waals surface area contributed by atoms with Gasteiger partial charge in [0, 0.05) is 55.3 Å². The van der Waals surface area contributed by atoms with Gasteiger partial charge < -0.3 is 33.9 Å². The minimum absolute atomic E-state index is 0.0521. The summed E-state index contributed by atoms with van der Waals surface area (Å²) < 4.78 is 30.3. The lowest BCUT2D eigenvalue weighted by Gasteiger charge is -2.49. The maximum Gasteiger partial charge on any atom is 0.335 e. The van der Waals surface area contributed by atoms with Crippen molar-refractivity contribution in [3.8, 4) is 0 Å². The lowest BCUT2D eigenvalue weighted by Crippen LogP contribution is -2.57. The first-order chi connectivity index (χ1) is 20.5. The van der Waals surface area contributed by atoms with E-state index in [0.29, 0.717) is 12.0 Å². The Kier molecular flexibility index (Phi) is 9.32. The molecule has 0 aromatic rings. The van der Waals surface area contributed by atoms with E-state index in [1.807, 2.05) is 51.2 Å². The van der Waals surface area contributed by atoms with Gasteiger partial charge in [-0.2, -0.15) is 0 Å². The Morgan fingerprint density at radius 3 is 2.67 bits per heavy atom. The highest BCUT2D eigenvalue weighted by atomic mass is 16.6. The molecule has 1 spiro atoms. The van der Waals surface area contributed by atoms with Crippen LogP contribution in [0, 0.1) is 29.6 Å². The monoisotopic (exact) mass is 600 g/mol. The average Bonchev–Trinajstić information content (AvgIpc) is 3.58. The fourth-order valence-electron chi connectivity index (χ4n) is 7.84. The molecule has 2 fully saturated rings. The van der Waals surface area contributed by atoms with E-state index in [2.05, 4.69) is 0 Å². The molecule has 236 valence electrons. The third kappa shape index (κ3) is 5.63. The molecule has 10 heteroatoms. The van der Waals surface area contributed by atoms with Crippen molar-refractivity contribution in [1.82, 2.24) is 0 Å². The first-order valence-corrected chi connectivity index (χ1v) is 15.4. The summed E-state index contributed by atoms with van der Waals surface area (Å²) >= 11 is 0. The Morgan fingerprint density at radius 2 is 2.00 bits per heavy atom. The van der Waals surface area contributed by atoms with Crippen LogP contribution in [0.1, 0.15) is 53.4 Å². The number of aliphatic hydroxyl groups is 2. The molecule has 2 heterocycles. The van der Waals surface area contributed by atoms with Crippen molar-refractivity contribution in [2.75, 3.05) is 13.7 Å². The Balaban J connectivity index is 1.50. The first-order valence-electron chi connectivity index (χ1n) is 15.4. The second kappa shape index (κ2) is 12.7. The van der Waals surface area contributed by atoms with Crippen LogP contribution in [-0.4, -0.2) is 84.1 Å². The molecule has 2 N–H and O–H groups in total. The number of carbonyl (C=O) groups excluding carboxylic acids is 3. The first kappa shape index (κ1) is 31.6. The molecule has 3 aliphatic carbocycles. The van der Waals surface area contributed by atoms with Gasteiger partial charge >= 0.3 is 17.9 Å². The predicted molar refractivity (Wildman–Crippen MR) is 154 cm³/mol. The molecule has 2 aliphatic heterocycles. The Hall–Kier alpha value is -2.79. The van der Waals surface area contributed by atoms with Gasteiger partial charge in [-0.15, -0.1) is 0 Å². The fourth-order valence-corrected chi connectivity index (χ4v) is 7.84. The van der Waals surface area contributed by atoms with Crippen LogP contribution >= 0.6 is 0 Å². The second-order valence-electron chi connectivity index (χ2n) is 12.6. The summed E-state index contributed by atoms with van der Waals surface area (Å²) in [5.74, 6) is -3.12. The number of methoxy groups -OCH3 is 1. The van der Waals surface area contributed by atoms with Crippen LogP contribution in [0.5, 0.6) is 0 Å². The van der Waals surface area contributed by atoms with Gasteiger partial charge in [0.05, 0.1) is 6.10 Å². The second-order valence-corrected chi connectivity index (χ2v) is 12.6. The predicted octanol–water partition coefficient (Wildman–Crippen LogP) is 2.97. The van der Waals surface area contributed by atoms with Gasteiger partial charge in [0.15, 0.2) is 6.10 Å². The normalized spacial score (nSPS) is 41.8. The SMILES string of the molecule is CO[C@H]1CC2C=C[C@H]3[C@H]4O[C@]2(/C(C)=C/[C@@H](C)[C@@H]([C@@H](C)OC(=O)CCCO)OC1=O)[C@@H]3[C@H](O)[C@@H](C)[C@H]4OC(=O)C1=CC=CC1. The summed E-state index contributed by atoms with van der Waals surface area (Å²) in [5.41, 5.74) is 0.449. The third-order valence-corrected chi connectivity index (χ3v) is 10.00. The number of cyclic esters (lactones) is 1. The van der Waals surface area contributed by atoms with E-state index in [0.717, 1.165) is 5.57 Å². The summed E-state index contributed by atoms with van der Waals surface area (Å²) in [4.78, 5) is 38.9. The highest BCUT2D eigenvalue weighted by Crippen LogP contribution is 2.61. The molecule has 4 bridgehead atoms. The van der Waals surface area contributed by atoms with Crippen LogP contribution in [0.25, 0.3) is 0 Å². The Morgan fingerprint density at radius 1 is 1.23 bits per heavy atom. The highest BCUT2D eigenvalue weighted by molar-refractivity contribution is 5.90. The topological polar surface area (TPSA) is 138 Å². The van der Waals surface area contributed by atoms with Crippen LogP contribution in [0.4, 0.5) is 0 Å². The highest BCUT2D eigenvalue weighted by Gasteiger charge is 2.69. The van der Waals surface area contributed by atoms with Gasteiger partial charge in [0.1, 0.15) is 30.0 Å². The van der Waals surface area contributed by atoms with Crippen LogP contribution in [0.15, 0.2) is 47.6 Å². The number of hydrogen-bond acceptors (Lipinski definition) is 10. The summed E-state index contributed by atoms with van der Waals surface area (Å²) in [6.07, 6.45) is 8.10. The lowest BCUT2D eigenvalue weighted by molar-refractivity contribution is -0.179. The van der Waals surface area contributed by atoms with E-state index < -0.39 is 66.1 Å².